The highest BCUT2D eigenvalue weighted by Crippen LogP contribution is 2.42. The molecule has 31 heavy (non-hydrogen) atoms. The van der Waals surface area contributed by atoms with Crippen LogP contribution in [0.1, 0.15) is 22.7 Å². The van der Waals surface area contributed by atoms with Gasteiger partial charge in [-0.05, 0) is 24.6 Å². The van der Waals surface area contributed by atoms with Crippen LogP contribution < -0.4 is 4.90 Å². The van der Waals surface area contributed by atoms with Crippen LogP contribution in [0.2, 0.25) is 0 Å². The standard InChI is InChI=1S/C23H17N3O5/c1-14-8-10-15(11-9-14)21(27)19-20(16-5-4-6-17(13-16)26(30)31)25(23(29)22(19)28)18-7-2-3-12-24-18/h2-13,20,27H,1H3/t20-/m0/s1. The van der Waals surface area contributed by atoms with Gasteiger partial charge in [-0.2, -0.15) is 0 Å². The quantitative estimate of drug-likeness (QED) is 0.227. The van der Waals surface area contributed by atoms with Crippen molar-refractivity contribution in [1.29, 1.82) is 0 Å². The molecule has 1 saturated heterocycles. The third-order valence-corrected chi connectivity index (χ3v) is 5.06. The Morgan fingerprint density at radius 1 is 1.06 bits per heavy atom. The zero-order valence-electron chi connectivity index (χ0n) is 16.4. The molecule has 1 aliphatic heterocycles. The van der Waals surface area contributed by atoms with Gasteiger partial charge in [-0.15, -0.1) is 0 Å². The van der Waals surface area contributed by atoms with Crippen LogP contribution in [-0.2, 0) is 9.59 Å². The molecule has 8 heteroatoms. The molecule has 0 bridgehead atoms. The molecule has 0 unspecified atom stereocenters. The van der Waals surface area contributed by atoms with Crippen molar-refractivity contribution in [3.63, 3.8) is 0 Å². The number of non-ortho nitro benzene ring substituents is 1. The van der Waals surface area contributed by atoms with Crippen molar-refractivity contribution in [1.82, 2.24) is 4.98 Å². The van der Waals surface area contributed by atoms with Gasteiger partial charge in [0.05, 0.1) is 16.5 Å². The van der Waals surface area contributed by atoms with Crippen molar-refractivity contribution in [3.05, 3.63) is 105 Å². The van der Waals surface area contributed by atoms with Gasteiger partial charge in [0.25, 0.3) is 11.5 Å². The number of carbonyl (C=O) groups excluding carboxylic acids is 2. The third-order valence-electron chi connectivity index (χ3n) is 5.06. The molecule has 0 saturated carbocycles. The van der Waals surface area contributed by atoms with Crippen LogP contribution in [0, 0.1) is 17.0 Å². The number of rotatable bonds is 4. The Kier molecular flexibility index (Phi) is 5.04. The van der Waals surface area contributed by atoms with Crippen LogP contribution in [0.15, 0.2) is 78.5 Å². The predicted octanol–water partition coefficient (Wildman–Crippen LogP) is 3.92. The van der Waals surface area contributed by atoms with Crippen molar-refractivity contribution >= 4 is 29.0 Å². The van der Waals surface area contributed by atoms with Crippen LogP contribution in [0.25, 0.3) is 5.76 Å². The number of aliphatic hydroxyl groups is 1. The number of aromatic nitrogens is 1. The maximum atomic E-state index is 13.0. The topological polar surface area (TPSA) is 114 Å². The lowest BCUT2D eigenvalue weighted by molar-refractivity contribution is -0.384. The second kappa shape index (κ2) is 7.83. The normalized spacial score (nSPS) is 17.7. The Morgan fingerprint density at radius 3 is 2.45 bits per heavy atom. The van der Waals surface area contributed by atoms with E-state index in [-0.39, 0.29) is 22.8 Å². The maximum Gasteiger partial charge on any atom is 0.301 e. The van der Waals surface area contributed by atoms with Gasteiger partial charge in [-0.25, -0.2) is 4.98 Å². The molecular weight excluding hydrogens is 398 g/mol. The van der Waals surface area contributed by atoms with Gasteiger partial charge in [0.15, 0.2) is 0 Å². The average molecular weight is 415 g/mol. The van der Waals surface area contributed by atoms with Crippen molar-refractivity contribution in [3.8, 4) is 0 Å². The van der Waals surface area contributed by atoms with Crippen molar-refractivity contribution in [2.24, 2.45) is 0 Å². The fraction of sp³-hybridized carbons (Fsp3) is 0.0870. The van der Waals surface area contributed by atoms with Crippen LogP contribution in [0.4, 0.5) is 11.5 Å². The van der Waals surface area contributed by atoms with Crippen LogP contribution >= 0.6 is 0 Å². The highest BCUT2D eigenvalue weighted by molar-refractivity contribution is 6.51. The molecule has 2 aromatic carbocycles. The molecule has 1 aromatic heterocycles. The highest BCUT2D eigenvalue weighted by atomic mass is 16.6. The lowest BCUT2D eigenvalue weighted by Gasteiger charge is -2.24. The van der Waals surface area contributed by atoms with Gasteiger partial charge in [0.1, 0.15) is 11.6 Å². The van der Waals surface area contributed by atoms with Crippen LogP contribution in [-0.4, -0.2) is 26.7 Å². The molecule has 2 heterocycles. The second-order valence-electron chi connectivity index (χ2n) is 7.08. The number of anilines is 1. The summed E-state index contributed by atoms with van der Waals surface area (Å²) in [5, 5.41) is 22.3. The first-order chi connectivity index (χ1) is 14.9. The first kappa shape index (κ1) is 20.0. The molecule has 1 fully saturated rings. The summed E-state index contributed by atoms with van der Waals surface area (Å²) in [5.41, 5.74) is 1.29. The Bertz CT molecular complexity index is 1220. The van der Waals surface area contributed by atoms with Gasteiger partial charge in [0, 0.05) is 23.9 Å². The lowest BCUT2D eigenvalue weighted by atomic mass is 9.94. The fourth-order valence-electron chi connectivity index (χ4n) is 3.56. The summed E-state index contributed by atoms with van der Waals surface area (Å²) in [6.45, 7) is 1.88. The number of nitrogens with zero attached hydrogens (tertiary/aromatic N) is 3. The molecule has 1 atom stereocenters. The largest absolute Gasteiger partial charge is 0.507 e. The number of hydrogen-bond donors (Lipinski definition) is 1. The van der Waals surface area contributed by atoms with E-state index in [0.717, 1.165) is 10.5 Å². The van der Waals surface area contributed by atoms with E-state index in [1.165, 1.54) is 24.4 Å². The minimum atomic E-state index is -1.07. The molecule has 0 aliphatic carbocycles. The molecule has 1 amide bonds. The number of hydrogen-bond acceptors (Lipinski definition) is 6. The van der Waals surface area contributed by atoms with E-state index in [1.807, 2.05) is 6.92 Å². The first-order valence-electron chi connectivity index (χ1n) is 9.42. The van der Waals surface area contributed by atoms with Crippen molar-refractivity contribution < 1.29 is 19.6 Å². The Morgan fingerprint density at radius 2 is 1.81 bits per heavy atom. The summed E-state index contributed by atoms with van der Waals surface area (Å²) in [5.74, 6) is -1.92. The van der Waals surface area contributed by atoms with E-state index in [4.69, 9.17) is 0 Å². The third kappa shape index (κ3) is 3.55. The predicted molar refractivity (Wildman–Crippen MR) is 113 cm³/mol. The van der Waals surface area contributed by atoms with E-state index in [1.54, 1.807) is 48.5 Å². The minimum absolute atomic E-state index is 0.153. The molecule has 8 nitrogen and oxygen atoms in total. The van der Waals surface area contributed by atoms with Gasteiger partial charge in [-0.1, -0.05) is 48.0 Å². The van der Waals surface area contributed by atoms with Gasteiger partial charge in [0.2, 0.25) is 0 Å². The number of amides is 1. The summed E-state index contributed by atoms with van der Waals surface area (Å²) < 4.78 is 0. The average Bonchev–Trinajstić information content (AvgIpc) is 3.05. The van der Waals surface area contributed by atoms with E-state index in [0.29, 0.717) is 11.1 Å². The Balaban J connectivity index is 1.96. The molecule has 1 aliphatic rings. The fourth-order valence-corrected chi connectivity index (χ4v) is 3.56. The van der Waals surface area contributed by atoms with E-state index >= 15 is 0 Å². The molecule has 0 radical (unpaired) electrons. The Hall–Kier alpha value is -4.33. The second-order valence-corrected chi connectivity index (χ2v) is 7.08. The Labute approximate surface area is 177 Å². The smallest absolute Gasteiger partial charge is 0.301 e. The van der Waals surface area contributed by atoms with Gasteiger partial charge >= 0.3 is 5.91 Å². The zero-order chi connectivity index (χ0) is 22.1. The number of pyridine rings is 1. The SMILES string of the molecule is Cc1ccc(C(O)=C2C(=O)C(=O)N(c3ccccn3)[C@H]2c2cccc([N+](=O)[O-])c2)cc1. The van der Waals surface area contributed by atoms with Crippen LogP contribution in [0.5, 0.6) is 0 Å². The molecule has 3 aromatic rings. The first-order valence-corrected chi connectivity index (χ1v) is 9.42. The van der Waals surface area contributed by atoms with E-state index in [9.17, 15) is 24.8 Å². The maximum absolute atomic E-state index is 13.0. The highest BCUT2D eigenvalue weighted by Gasteiger charge is 2.47. The lowest BCUT2D eigenvalue weighted by Crippen LogP contribution is -2.30. The number of aliphatic hydroxyl groups excluding tert-OH is 1. The van der Waals surface area contributed by atoms with E-state index in [2.05, 4.69) is 4.98 Å². The zero-order valence-corrected chi connectivity index (χ0v) is 16.4. The summed E-state index contributed by atoms with van der Waals surface area (Å²) >= 11 is 0. The summed E-state index contributed by atoms with van der Waals surface area (Å²) in [7, 11) is 0. The number of benzene rings is 2. The number of Topliss-reactive ketones (excluding diaryl/α,β-unsaturated/α-hetero) is 1. The monoisotopic (exact) mass is 415 g/mol. The summed E-state index contributed by atoms with van der Waals surface area (Å²) in [6.07, 6.45) is 1.47. The molecule has 4 rings (SSSR count). The van der Waals surface area contributed by atoms with E-state index < -0.39 is 22.7 Å². The summed E-state index contributed by atoms with van der Waals surface area (Å²) in [4.78, 5) is 42.0. The molecule has 1 N–H and O–H groups in total. The molecule has 0 spiro atoms. The number of aryl methyl sites for hydroxylation is 1. The molecular formula is C23H17N3O5. The van der Waals surface area contributed by atoms with Crippen LogP contribution in [0.3, 0.4) is 0 Å². The molecule has 154 valence electrons. The number of carbonyl (C=O) groups is 2. The van der Waals surface area contributed by atoms with Gasteiger partial charge < -0.3 is 5.11 Å². The number of ketones is 1. The van der Waals surface area contributed by atoms with Gasteiger partial charge in [-0.3, -0.25) is 24.6 Å². The minimum Gasteiger partial charge on any atom is -0.507 e. The summed E-state index contributed by atoms with van der Waals surface area (Å²) in [6, 6.07) is 16.3. The number of nitro groups is 1. The number of nitro benzene ring substituents is 1. The van der Waals surface area contributed by atoms with Crippen molar-refractivity contribution in [2.45, 2.75) is 13.0 Å². The van der Waals surface area contributed by atoms with Crippen molar-refractivity contribution in [2.75, 3.05) is 4.90 Å².